The Morgan fingerprint density at radius 3 is 1.91 bits per heavy atom. The molecule has 0 bridgehead atoms. The molecule has 5 heteroatoms. The lowest BCUT2D eigenvalue weighted by Gasteiger charge is -2.29. The highest BCUT2D eigenvalue weighted by Crippen LogP contribution is 2.45. The highest BCUT2D eigenvalue weighted by molar-refractivity contribution is 5.99. The maximum absolute atomic E-state index is 13.8. The van der Waals surface area contributed by atoms with Crippen LogP contribution in [0.5, 0.6) is 17.2 Å². The number of methoxy groups -OCH3 is 3. The molecule has 0 heterocycles. The summed E-state index contributed by atoms with van der Waals surface area (Å²) in [4.78, 5) is 13.8. The number of hydrogen-bond donors (Lipinski definition) is 1. The topological polar surface area (TPSA) is 56.8 Å². The summed E-state index contributed by atoms with van der Waals surface area (Å²) in [6.07, 6.45) is 11.1. The van der Waals surface area contributed by atoms with Crippen molar-refractivity contribution < 1.29 is 19.0 Å². The molecule has 33 heavy (non-hydrogen) atoms. The van der Waals surface area contributed by atoms with Gasteiger partial charge in [0.05, 0.1) is 26.7 Å². The van der Waals surface area contributed by atoms with E-state index in [2.05, 4.69) is 36.5 Å². The van der Waals surface area contributed by atoms with Crippen LogP contribution in [0, 0.1) is 5.41 Å². The van der Waals surface area contributed by atoms with Crippen LogP contribution in [0.2, 0.25) is 0 Å². The van der Waals surface area contributed by atoms with Gasteiger partial charge in [0, 0.05) is 12.1 Å². The zero-order chi connectivity index (χ0) is 23.7. The maximum atomic E-state index is 13.8. The third-order valence-corrected chi connectivity index (χ3v) is 6.87. The van der Waals surface area contributed by atoms with E-state index in [0.29, 0.717) is 22.9 Å². The van der Waals surface area contributed by atoms with Crippen molar-refractivity contribution in [1.29, 1.82) is 0 Å². The molecule has 0 fully saturated rings. The molecule has 0 saturated carbocycles. The average Bonchev–Trinajstić information content (AvgIpc) is 3.23. The number of nitrogens with one attached hydrogen (secondary N) is 1. The lowest BCUT2D eigenvalue weighted by atomic mass is 9.78. The van der Waals surface area contributed by atoms with Crippen LogP contribution in [0.25, 0.3) is 0 Å². The van der Waals surface area contributed by atoms with Crippen molar-refractivity contribution in [2.75, 3.05) is 26.6 Å². The van der Waals surface area contributed by atoms with Gasteiger partial charge in [0.25, 0.3) is 0 Å². The van der Waals surface area contributed by atoms with E-state index in [9.17, 15) is 4.79 Å². The van der Waals surface area contributed by atoms with Crippen molar-refractivity contribution in [1.82, 2.24) is 0 Å². The number of fused-ring (bicyclic) bond motifs is 1. The van der Waals surface area contributed by atoms with Crippen molar-refractivity contribution in [2.24, 2.45) is 5.41 Å². The lowest BCUT2D eigenvalue weighted by molar-refractivity contribution is -0.125. The van der Waals surface area contributed by atoms with E-state index in [-0.39, 0.29) is 5.91 Å². The van der Waals surface area contributed by atoms with E-state index in [4.69, 9.17) is 14.2 Å². The number of anilines is 1. The normalized spacial score (nSPS) is 13.9. The first-order valence-electron chi connectivity index (χ1n) is 12.2. The molecular weight excluding hydrogens is 414 g/mol. The number of carbonyl (C=O) groups is 1. The molecule has 0 unspecified atom stereocenters. The van der Waals surface area contributed by atoms with Crippen molar-refractivity contribution in [3.05, 3.63) is 47.5 Å². The number of ether oxygens (including phenoxy) is 3. The van der Waals surface area contributed by atoms with Gasteiger partial charge in [-0.1, -0.05) is 76.1 Å². The predicted octanol–water partition coefficient (Wildman–Crippen LogP) is 6.58. The average molecular weight is 454 g/mol. The largest absolute Gasteiger partial charge is 0.496 e. The molecule has 0 radical (unpaired) electrons. The van der Waals surface area contributed by atoms with Gasteiger partial charge in [-0.3, -0.25) is 4.79 Å². The van der Waals surface area contributed by atoms with E-state index in [1.807, 2.05) is 0 Å². The van der Waals surface area contributed by atoms with Crippen LogP contribution >= 0.6 is 0 Å². The standard InChI is InChI=1S/C28H39NO4/c1-5-6-7-8-9-10-13-16-28(19-21-14-11-12-15-22(21)20-28)27(30)29-26-24(32-3)17-23(31-2)18-25(26)33-4/h11-12,14-15,17-18H,5-10,13,16,19-20H2,1-4H3,(H,29,30). The summed E-state index contributed by atoms with van der Waals surface area (Å²) < 4.78 is 16.5. The van der Waals surface area contributed by atoms with Gasteiger partial charge in [-0.25, -0.2) is 0 Å². The van der Waals surface area contributed by atoms with Gasteiger partial charge in [-0.2, -0.15) is 0 Å². The number of unbranched alkanes of at least 4 members (excludes halogenated alkanes) is 6. The molecule has 0 atom stereocenters. The summed E-state index contributed by atoms with van der Waals surface area (Å²) in [5, 5.41) is 3.17. The van der Waals surface area contributed by atoms with Crippen molar-refractivity contribution in [2.45, 2.75) is 71.1 Å². The second kappa shape index (κ2) is 12.0. The highest BCUT2D eigenvalue weighted by atomic mass is 16.5. The molecule has 0 aromatic heterocycles. The molecule has 1 aliphatic carbocycles. The fraction of sp³-hybridized carbons (Fsp3) is 0.536. The Morgan fingerprint density at radius 2 is 1.39 bits per heavy atom. The SMILES string of the molecule is CCCCCCCCCC1(C(=O)Nc2c(OC)cc(OC)cc2OC)Cc2ccccc2C1. The van der Waals surface area contributed by atoms with Crippen molar-refractivity contribution in [3.8, 4) is 17.2 Å². The Hall–Kier alpha value is -2.69. The zero-order valence-corrected chi connectivity index (χ0v) is 20.7. The van der Waals surface area contributed by atoms with E-state index < -0.39 is 5.41 Å². The fourth-order valence-electron chi connectivity index (χ4n) is 4.94. The van der Waals surface area contributed by atoms with E-state index in [1.165, 1.54) is 49.7 Å². The Balaban J connectivity index is 1.78. The Morgan fingerprint density at radius 1 is 0.848 bits per heavy atom. The van der Waals surface area contributed by atoms with Gasteiger partial charge in [-0.05, 0) is 30.4 Å². The number of carbonyl (C=O) groups excluding carboxylic acids is 1. The third-order valence-electron chi connectivity index (χ3n) is 6.87. The van der Waals surface area contributed by atoms with E-state index >= 15 is 0 Å². The van der Waals surface area contributed by atoms with Crippen LogP contribution in [0.4, 0.5) is 5.69 Å². The molecule has 3 rings (SSSR count). The first kappa shape index (κ1) is 24.9. The fourth-order valence-corrected chi connectivity index (χ4v) is 4.94. The molecule has 5 nitrogen and oxygen atoms in total. The zero-order valence-electron chi connectivity index (χ0n) is 20.7. The second-order valence-electron chi connectivity index (χ2n) is 9.13. The van der Waals surface area contributed by atoms with Crippen LogP contribution in [-0.2, 0) is 17.6 Å². The number of hydrogen-bond acceptors (Lipinski definition) is 4. The van der Waals surface area contributed by atoms with Crippen molar-refractivity contribution in [3.63, 3.8) is 0 Å². The molecule has 1 N–H and O–H groups in total. The summed E-state index contributed by atoms with van der Waals surface area (Å²) in [5.74, 6) is 1.71. The second-order valence-corrected chi connectivity index (χ2v) is 9.13. The number of benzene rings is 2. The predicted molar refractivity (Wildman–Crippen MR) is 134 cm³/mol. The summed E-state index contributed by atoms with van der Waals surface area (Å²) >= 11 is 0. The minimum Gasteiger partial charge on any atom is -0.496 e. The molecule has 1 amide bonds. The smallest absolute Gasteiger partial charge is 0.231 e. The van der Waals surface area contributed by atoms with Crippen LogP contribution in [0.1, 0.15) is 69.4 Å². The van der Waals surface area contributed by atoms with Gasteiger partial charge in [0.15, 0.2) is 0 Å². The van der Waals surface area contributed by atoms with Gasteiger partial charge in [0.2, 0.25) is 5.91 Å². The van der Waals surface area contributed by atoms with Gasteiger partial charge in [0.1, 0.15) is 22.9 Å². The molecule has 2 aromatic carbocycles. The van der Waals surface area contributed by atoms with Crippen molar-refractivity contribution >= 4 is 11.6 Å². The minimum atomic E-state index is -0.455. The van der Waals surface area contributed by atoms with Crippen LogP contribution in [0.15, 0.2) is 36.4 Å². The monoisotopic (exact) mass is 453 g/mol. The molecule has 1 aliphatic rings. The quantitative estimate of drug-likeness (QED) is 0.348. The molecule has 0 spiro atoms. The Kier molecular flexibility index (Phi) is 9.04. The summed E-state index contributed by atoms with van der Waals surface area (Å²) in [7, 11) is 4.77. The van der Waals surface area contributed by atoms with Crippen LogP contribution < -0.4 is 19.5 Å². The molecule has 0 saturated heterocycles. The summed E-state index contributed by atoms with van der Waals surface area (Å²) in [6, 6.07) is 12.0. The number of amides is 1. The summed E-state index contributed by atoms with van der Waals surface area (Å²) in [5.41, 5.74) is 2.66. The van der Waals surface area contributed by atoms with Crippen LogP contribution in [0.3, 0.4) is 0 Å². The van der Waals surface area contributed by atoms with Gasteiger partial charge < -0.3 is 19.5 Å². The first-order chi connectivity index (χ1) is 16.1. The highest BCUT2D eigenvalue weighted by Gasteiger charge is 2.43. The molecule has 180 valence electrons. The van der Waals surface area contributed by atoms with Gasteiger partial charge >= 0.3 is 0 Å². The molecule has 2 aromatic rings. The minimum absolute atomic E-state index is 0.0337. The van der Waals surface area contributed by atoms with E-state index in [1.54, 1.807) is 33.5 Å². The lowest BCUT2D eigenvalue weighted by Crippen LogP contribution is -2.37. The number of rotatable bonds is 13. The maximum Gasteiger partial charge on any atom is 0.231 e. The van der Waals surface area contributed by atoms with E-state index in [0.717, 1.165) is 25.7 Å². The first-order valence-corrected chi connectivity index (χ1v) is 12.2. The molecule has 0 aliphatic heterocycles. The Labute approximate surface area is 198 Å². The summed E-state index contributed by atoms with van der Waals surface area (Å²) in [6.45, 7) is 2.24. The Bertz CT molecular complexity index is 874. The third kappa shape index (κ3) is 6.01. The molecular formula is C28H39NO4. The van der Waals surface area contributed by atoms with Crippen LogP contribution in [-0.4, -0.2) is 27.2 Å². The van der Waals surface area contributed by atoms with Gasteiger partial charge in [-0.15, -0.1) is 0 Å².